The van der Waals surface area contributed by atoms with E-state index in [-0.39, 0.29) is 34.3 Å². The highest BCUT2D eigenvalue weighted by Gasteiger charge is 2.16. The van der Waals surface area contributed by atoms with E-state index in [1.165, 1.54) is 25.4 Å². The number of hydrazone groups is 1. The summed E-state index contributed by atoms with van der Waals surface area (Å²) in [4.78, 5) is 24.2. The number of hydrogen-bond acceptors (Lipinski definition) is 9. The van der Waals surface area contributed by atoms with Crippen LogP contribution >= 0.6 is 0 Å². The van der Waals surface area contributed by atoms with Gasteiger partial charge in [0.1, 0.15) is 0 Å². The van der Waals surface area contributed by atoms with E-state index in [2.05, 4.69) is 15.5 Å². The van der Waals surface area contributed by atoms with Gasteiger partial charge in [-0.1, -0.05) is 0 Å². The minimum atomic E-state index is -0.656. The van der Waals surface area contributed by atoms with Crippen LogP contribution < -0.4 is 10.2 Å². The second-order valence-corrected chi connectivity index (χ2v) is 4.34. The number of anilines is 1. The second kappa shape index (κ2) is 7.00. The maximum atomic E-state index is 10.9. The first-order valence-electron chi connectivity index (χ1n) is 6.38. The van der Waals surface area contributed by atoms with Crippen molar-refractivity contribution in [3.8, 4) is 11.5 Å². The quantitative estimate of drug-likeness (QED) is 0.462. The second-order valence-electron chi connectivity index (χ2n) is 4.34. The molecule has 11 heteroatoms. The van der Waals surface area contributed by atoms with Crippen molar-refractivity contribution in [3.05, 3.63) is 56.3 Å². The highest BCUT2D eigenvalue weighted by molar-refractivity contribution is 5.86. The monoisotopic (exact) mass is 333 g/mol. The molecule has 124 valence electrons. The predicted octanol–water partition coefficient (Wildman–Crippen LogP) is 2.06. The molecule has 0 atom stereocenters. The Morgan fingerprint density at radius 2 is 2.08 bits per heavy atom. The molecule has 24 heavy (non-hydrogen) atoms. The van der Waals surface area contributed by atoms with Crippen LogP contribution in [0.1, 0.15) is 5.56 Å². The van der Waals surface area contributed by atoms with E-state index in [9.17, 15) is 25.3 Å². The largest absolute Gasteiger partial charge is 0.504 e. The Bertz CT molecular complexity index is 822. The van der Waals surface area contributed by atoms with Crippen molar-refractivity contribution >= 4 is 23.4 Å². The predicted molar refractivity (Wildman–Crippen MR) is 83.4 cm³/mol. The third-order valence-electron chi connectivity index (χ3n) is 2.88. The zero-order valence-electron chi connectivity index (χ0n) is 12.2. The number of benzene rings is 1. The summed E-state index contributed by atoms with van der Waals surface area (Å²) in [5.41, 5.74) is 1.74. The first kappa shape index (κ1) is 16.6. The van der Waals surface area contributed by atoms with Crippen LogP contribution in [0.5, 0.6) is 11.5 Å². The Morgan fingerprint density at radius 1 is 1.33 bits per heavy atom. The summed E-state index contributed by atoms with van der Waals surface area (Å²) in [6.07, 6.45) is 2.39. The van der Waals surface area contributed by atoms with Gasteiger partial charge in [0, 0.05) is 23.9 Å². The molecule has 11 nitrogen and oxygen atoms in total. The third-order valence-corrected chi connectivity index (χ3v) is 2.88. The van der Waals surface area contributed by atoms with Gasteiger partial charge in [-0.05, 0) is 6.07 Å². The normalized spacial score (nSPS) is 10.5. The lowest BCUT2D eigenvalue weighted by molar-refractivity contribution is -0.385. The van der Waals surface area contributed by atoms with E-state index in [1.807, 2.05) is 0 Å². The van der Waals surface area contributed by atoms with Gasteiger partial charge in [0.2, 0.25) is 5.82 Å². The van der Waals surface area contributed by atoms with Crippen molar-refractivity contribution in [2.45, 2.75) is 0 Å². The number of nitrogens with zero attached hydrogens (tertiary/aromatic N) is 4. The fourth-order valence-corrected chi connectivity index (χ4v) is 1.77. The van der Waals surface area contributed by atoms with Crippen LogP contribution in [0.3, 0.4) is 0 Å². The van der Waals surface area contributed by atoms with Gasteiger partial charge in [-0.3, -0.25) is 25.7 Å². The smallest absolute Gasteiger partial charge is 0.313 e. The molecule has 2 N–H and O–H groups in total. The number of methoxy groups -OCH3 is 1. The summed E-state index contributed by atoms with van der Waals surface area (Å²) in [5.74, 6) is -0.575. The number of hydrogen-bond donors (Lipinski definition) is 2. The lowest BCUT2D eigenvalue weighted by atomic mass is 10.2. The molecule has 0 unspecified atom stereocenters. The Balaban J connectivity index is 2.31. The number of non-ortho nitro benzene ring substituents is 1. The topological polar surface area (TPSA) is 153 Å². The lowest BCUT2D eigenvalue weighted by Crippen LogP contribution is -1.99. The van der Waals surface area contributed by atoms with Crippen molar-refractivity contribution in [1.82, 2.24) is 4.98 Å². The van der Waals surface area contributed by atoms with E-state index in [0.717, 1.165) is 18.3 Å². The van der Waals surface area contributed by atoms with Crippen LogP contribution in [0.25, 0.3) is 0 Å². The highest BCUT2D eigenvalue weighted by Crippen LogP contribution is 2.33. The van der Waals surface area contributed by atoms with E-state index in [1.54, 1.807) is 0 Å². The third kappa shape index (κ3) is 3.52. The molecular formula is C13H11N5O6. The number of phenolic OH excluding ortho intramolecular Hbond substituents is 1. The SMILES string of the molecule is COc1cc([N+](=O)[O-])cc(/C=N\Nc2ncccc2[N+](=O)[O-])c1O. The summed E-state index contributed by atoms with van der Waals surface area (Å²) >= 11 is 0. The van der Waals surface area contributed by atoms with Crippen LogP contribution in [0, 0.1) is 20.2 Å². The van der Waals surface area contributed by atoms with Crippen LogP contribution in [0.2, 0.25) is 0 Å². The average Bonchev–Trinajstić information content (AvgIpc) is 2.56. The number of nitro benzene ring substituents is 1. The molecule has 0 bridgehead atoms. The number of nitro groups is 2. The molecule has 0 fully saturated rings. The maximum Gasteiger partial charge on any atom is 0.313 e. The average molecular weight is 333 g/mol. The fourth-order valence-electron chi connectivity index (χ4n) is 1.77. The summed E-state index contributed by atoms with van der Waals surface area (Å²) in [6.45, 7) is 0. The number of nitrogens with one attached hydrogen (secondary N) is 1. The van der Waals surface area contributed by atoms with E-state index < -0.39 is 9.85 Å². The molecule has 1 aromatic heterocycles. The maximum absolute atomic E-state index is 10.9. The molecule has 0 aliphatic rings. The molecule has 0 radical (unpaired) electrons. The molecule has 0 aliphatic carbocycles. The van der Waals surface area contributed by atoms with Crippen LogP contribution in [-0.4, -0.2) is 33.3 Å². The van der Waals surface area contributed by atoms with Crippen molar-refractivity contribution < 1.29 is 19.7 Å². The molecular weight excluding hydrogens is 322 g/mol. The molecule has 2 aromatic rings. The van der Waals surface area contributed by atoms with Gasteiger partial charge in [0.15, 0.2) is 11.5 Å². The standard InChI is InChI=1S/C13H11N5O6/c1-24-11-6-9(17(20)21)5-8(12(11)19)7-15-16-13-10(18(22)23)3-2-4-14-13/h2-7,19H,1H3,(H,14,16)/b15-7-. The number of aromatic hydroxyl groups is 1. The minimum Gasteiger partial charge on any atom is -0.504 e. The number of phenols is 1. The van der Waals surface area contributed by atoms with Gasteiger partial charge in [0.25, 0.3) is 5.69 Å². The first-order valence-corrected chi connectivity index (χ1v) is 6.38. The Kier molecular flexibility index (Phi) is 4.84. The first-order chi connectivity index (χ1) is 11.4. The lowest BCUT2D eigenvalue weighted by Gasteiger charge is -2.06. The molecule has 1 aromatic carbocycles. The van der Waals surface area contributed by atoms with E-state index in [0.29, 0.717) is 0 Å². The molecule has 1 heterocycles. The molecule has 0 amide bonds. The molecule has 0 saturated carbocycles. The zero-order chi connectivity index (χ0) is 17.7. The van der Waals surface area contributed by atoms with Gasteiger partial charge in [-0.25, -0.2) is 4.98 Å². The summed E-state index contributed by atoms with van der Waals surface area (Å²) < 4.78 is 4.85. The van der Waals surface area contributed by atoms with Gasteiger partial charge in [-0.2, -0.15) is 5.10 Å². The van der Waals surface area contributed by atoms with E-state index >= 15 is 0 Å². The van der Waals surface area contributed by atoms with Crippen molar-refractivity contribution in [1.29, 1.82) is 0 Å². The Morgan fingerprint density at radius 3 is 2.71 bits per heavy atom. The summed E-state index contributed by atoms with van der Waals surface area (Å²) in [5, 5.41) is 35.4. The highest BCUT2D eigenvalue weighted by atomic mass is 16.6. The van der Waals surface area contributed by atoms with Crippen LogP contribution in [0.15, 0.2) is 35.6 Å². The molecule has 0 saturated heterocycles. The molecule has 0 spiro atoms. The minimum absolute atomic E-state index is 0.00728. The number of rotatable bonds is 6. The van der Waals surface area contributed by atoms with Gasteiger partial charge >= 0.3 is 5.69 Å². The van der Waals surface area contributed by atoms with E-state index in [4.69, 9.17) is 4.74 Å². The zero-order valence-corrected chi connectivity index (χ0v) is 12.2. The number of pyridine rings is 1. The summed E-state index contributed by atoms with van der Waals surface area (Å²) in [7, 11) is 1.25. The van der Waals surface area contributed by atoms with Crippen molar-refractivity contribution in [2.24, 2.45) is 5.10 Å². The number of ether oxygens (including phenoxy) is 1. The fraction of sp³-hybridized carbons (Fsp3) is 0.0769. The number of aromatic nitrogens is 1. The summed E-state index contributed by atoms with van der Waals surface area (Å²) in [6, 6.07) is 4.77. The van der Waals surface area contributed by atoms with Gasteiger partial charge < -0.3 is 9.84 Å². The Hall–Kier alpha value is -3.76. The van der Waals surface area contributed by atoms with Crippen LogP contribution in [-0.2, 0) is 0 Å². The molecule has 2 rings (SSSR count). The van der Waals surface area contributed by atoms with Crippen LogP contribution in [0.4, 0.5) is 17.2 Å². The Labute approximate surface area is 134 Å². The van der Waals surface area contributed by atoms with Gasteiger partial charge in [0.05, 0.1) is 29.2 Å². The molecule has 0 aliphatic heterocycles. The van der Waals surface area contributed by atoms with Gasteiger partial charge in [-0.15, -0.1) is 0 Å². The van der Waals surface area contributed by atoms with Crippen molar-refractivity contribution in [3.63, 3.8) is 0 Å². The van der Waals surface area contributed by atoms with Crippen molar-refractivity contribution in [2.75, 3.05) is 12.5 Å².